The Balaban J connectivity index is 1.62. The molecule has 1 atom stereocenters. The van der Waals surface area contributed by atoms with Gasteiger partial charge in [0.1, 0.15) is 4.34 Å². The summed E-state index contributed by atoms with van der Waals surface area (Å²) in [5, 5.41) is 5.61. The summed E-state index contributed by atoms with van der Waals surface area (Å²) in [7, 11) is 0. The van der Waals surface area contributed by atoms with Crippen molar-refractivity contribution in [1.82, 2.24) is 10.3 Å². The van der Waals surface area contributed by atoms with E-state index < -0.39 is 0 Å². The van der Waals surface area contributed by atoms with Crippen molar-refractivity contribution >= 4 is 23.1 Å². The predicted octanol–water partition coefficient (Wildman–Crippen LogP) is 2.77. The van der Waals surface area contributed by atoms with Crippen molar-refractivity contribution in [1.29, 1.82) is 0 Å². The predicted molar refractivity (Wildman–Crippen MR) is 63.1 cm³/mol. The quantitative estimate of drug-likeness (QED) is 0.802. The largest absolute Gasteiger partial charge is 0.314 e. The van der Waals surface area contributed by atoms with Crippen LogP contribution in [0.25, 0.3) is 0 Å². The lowest BCUT2D eigenvalue weighted by atomic mass is 10.0. The minimum Gasteiger partial charge on any atom is -0.314 e. The molecule has 1 fully saturated rings. The molecule has 1 aliphatic heterocycles. The Hall–Kier alpha value is -0.0600. The Morgan fingerprint density at radius 3 is 3.29 bits per heavy atom. The molecule has 1 aliphatic rings. The third-order valence-electron chi connectivity index (χ3n) is 2.51. The Kier molecular flexibility index (Phi) is 4.28. The van der Waals surface area contributed by atoms with Gasteiger partial charge in [-0.05, 0) is 25.8 Å². The molecule has 1 unspecified atom stereocenters. The van der Waals surface area contributed by atoms with E-state index in [9.17, 15) is 0 Å². The van der Waals surface area contributed by atoms with Gasteiger partial charge in [0.2, 0.25) is 0 Å². The maximum Gasteiger partial charge on any atom is 0.149 e. The standard InChI is InChI=1S/C10H16N2S2/c1-2-5-11-9(3-1)4-7-13-10-12-6-8-14-10/h6,8-9,11H,1-5,7H2. The lowest BCUT2D eigenvalue weighted by Gasteiger charge is -2.22. The topological polar surface area (TPSA) is 24.9 Å². The van der Waals surface area contributed by atoms with Gasteiger partial charge in [0.05, 0.1) is 0 Å². The van der Waals surface area contributed by atoms with Gasteiger partial charge in [-0.25, -0.2) is 4.98 Å². The van der Waals surface area contributed by atoms with Gasteiger partial charge >= 0.3 is 0 Å². The van der Waals surface area contributed by atoms with E-state index in [1.165, 1.54) is 42.3 Å². The summed E-state index contributed by atoms with van der Waals surface area (Å²) in [4.78, 5) is 4.26. The molecule has 0 saturated carbocycles. The number of nitrogens with zero attached hydrogens (tertiary/aromatic N) is 1. The number of nitrogens with one attached hydrogen (secondary N) is 1. The van der Waals surface area contributed by atoms with Crippen LogP contribution in [0.1, 0.15) is 25.7 Å². The van der Waals surface area contributed by atoms with E-state index in [2.05, 4.69) is 10.3 Å². The van der Waals surface area contributed by atoms with Crippen molar-refractivity contribution in [2.45, 2.75) is 36.1 Å². The number of aromatic nitrogens is 1. The molecule has 4 heteroatoms. The number of rotatable bonds is 4. The highest BCUT2D eigenvalue weighted by molar-refractivity contribution is 8.00. The average molecular weight is 228 g/mol. The molecule has 2 nitrogen and oxygen atoms in total. The maximum absolute atomic E-state index is 4.26. The Morgan fingerprint density at radius 2 is 2.57 bits per heavy atom. The van der Waals surface area contributed by atoms with Crippen LogP contribution < -0.4 is 5.32 Å². The zero-order chi connectivity index (χ0) is 9.64. The molecular weight excluding hydrogens is 212 g/mol. The van der Waals surface area contributed by atoms with Crippen LogP contribution in [0.4, 0.5) is 0 Å². The molecule has 14 heavy (non-hydrogen) atoms. The van der Waals surface area contributed by atoms with Crippen LogP contribution in [0.5, 0.6) is 0 Å². The van der Waals surface area contributed by atoms with Gasteiger partial charge < -0.3 is 5.32 Å². The van der Waals surface area contributed by atoms with Crippen LogP contribution in [-0.4, -0.2) is 23.3 Å². The van der Waals surface area contributed by atoms with E-state index in [0.717, 1.165) is 6.04 Å². The summed E-state index contributed by atoms with van der Waals surface area (Å²) in [6.45, 7) is 1.21. The van der Waals surface area contributed by atoms with Crippen LogP contribution >= 0.6 is 23.1 Å². The molecule has 78 valence electrons. The maximum atomic E-state index is 4.26. The van der Waals surface area contributed by atoms with Crippen LogP contribution in [-0.2, 0) is 0 Å². The first-order valence-electron chi connectivity index (χ1n) is 5.21. The number of piperidine rings is 1. The molecule has 0 amide bonds. The van der Waals surface area contributed by atoms with Crippen molar-refractivity contribution in [2.75, 3.05) is 12.3 Å². The first-order chi connectivity index (χ1) is 6.95. The van der Waals surface area contributed by atoms with E-state index in [0.29, 0.717) is 0 Å². The molecular formula is C10H16N2S2. The summed E-state index contributed by atoms with van der Waals surface area (Å²) in [5.41, 5.74) is 0. The normalized spacial score (nSPS) is 22.4. The molecule has 1 aromatic heterocycles. The lowest BCUT2D eigenvalue weighted by Crippen LogP contribution is -2.34. The van der Waals surface area contributed by atoms with Gasteiger partial charge in [-0.15, -0.1) is 11.3 Å². The van der Waals surface area contributed by atoms with Gasteiger partial charge in [-0.2, -0.15) is 0 Å². The molecule has 0 bridgehead atoms. The Morgan fingerprint density at radius 1 is 1.57 bits per heavy atom. The second kappa shape index (κ2) is 5.73. The van der Waals surface area contributed by atoms with Gasteiger partial charge in [0.25, 0.3) is 0 Å². The van der Waals surface area contributed by atoms with Crippen LogP contribution in [0.3, 0.4) is 0 Å². The van der Waals surface area contributed by atoms with Crippen molar-refractivity contribution in [3.05, 3.63) is 11.6 Å². The highest BCUT2D eigenvalue weighted by Gasteiger charge is 2.11. The van der Waals surface area contributed by atoms with Crippen molar-refractivity contribution in [3.8, 4) is 0 Å². The smallest absolute Gasteiger partial charge is 0.149 e. The van der Waals surface area contributed by atoms with Crippen LogP contribution in [0.2, 0.25) is 0 Å². The SMILES string of the molecule is c1csc(SCCC2CCCCN2)n1. The molecule has 2 heterocycles. The van der Waals surface area contributed by atoms with Crippen LogP contribution in [0, 0.1) is 0 Å². The molecule has 2 rings (SSSR count). The highest BCUT2D eigenvalue weighted by atomic mass is 32.2. The number of hydrogen-bond donors (Lipinski definition) is 1. The highest BCUT2D eigenvalue weighted by Crippen LogP contribution is 2.22. The first kappa shape index (κ1) is 10.5. The molecule has 1 N–H and O–H groups in total. The summed E-state index contributed by atoms with van der Waals surface area (Å²) >= 11 is 3.63. The van der Waals surface area contributed by atoms with Crippen molar-refractivity contribution < 1.29 is 0 Å². The van der Waals surface area contributed by atoms with Gasteiger partial charge in [0.15, 0.2) is 0 Å². The fourth-order valence-corrected chi connectivity index (χ4v) is 3.50. The monoisotopic (exact) mass is 228 g/mol. The fourth-order valence-electron chi connectivity index (χ4n) is 1.74. The van der Waals surface area contributed by atoms with Gasteiger partial charge in [0, 0.05) is 23.4 Å². The second-order valence-electron chi connectivity index (χ2n) is 3.58. The fraction of sp³-hybridized carbons (Fsp3) is 0.700. The number of thiazole rings is 1. The Bertz CT molecular complexity index is 243. The van der Waals surface area contributed by atoms with Crippen LogP contribution in [0.15, 0.2) is 15.9 Å². The third-order valence-corrected chi connectivity index (χ3v) is 4.51. The number of thioether (sulfide) groups is 1. The Labute approximate surface area is 93.5 Å². The molecule has 1 aromatic rings. The zero-order valence-corrected chi connectivity index (χ0v) is 9.87. The summed E-state index contributed by atoms with van der Waals surface area (Å²) in [5.74, 6) is 1.20. The van der Waals surface area contributed by atoms with Crippen molar-refractivity contribution in [3.63, 3.8) is 0 Å². The molecule has 1 saturated heterocycles. The zero-order valence-electron chi connectivity index (χ0n) is 8.24. The summed E-state index contributed by atoms with van der Waals surface area (Å²) in [6.07, 6.45) is 7.28. The van der Waals surface area contributed by atoms with E-state index in [1.807, 2.05) is 23.3 Å². The van der Waals surface area contributed by atoms with E-state index in [1.54, 1.807) is 11.3 Å². The summed E-state index contributed by atoms with van der Waals surface area (Å²) in [6, 6.07) is 0.760. The molecule has 0 radical (unpaired) electrons. The van der Waals surface area contributed by atoms with E-state index in [4.69, 9.17) is 0 Å². The van der Waals surface area contributed by atoms with E-state index in [-0.39, 0.29) is 0 Å². The van der Waals surface area contributed by atoms with Gasteiger partial charge in [-0.1, -0.05) is 18.2 Å². The summed E-state index contributed by atoms with van der Waals surface area (Å²) < 4.78 is 1.21. The molecule has 0 spiro atoms. The minimum absolute atomic E-state index is 0.760. The van der Waals surface area contributed by atoms with Crippen molar-refractivity contribution in [2.24, 2.45) is 0 Å². The molecule has 0 aliphatic carbocycles. The number of hydrogen-bond acceptors (Lipinski definition) is 4. The minimum atomic E-state index is 0.760. The molecule has 0 aromatic carbocycles. The lowest BCUT2D eigenvalue weighted by molar-refractivity contribution is 0.395. The van der Waals surface area contributed by atoms with E-state index >= 15 is 0 Å². The second-order valence-corrected chi connectivity index (χ2v) is 5.82. The average Bonchev–Trinajstić information content (AvgIpc) is 2.72. The first-order valence-corrected chi connectivity index (χ1v) is 7.07. The third kappa shape index (κ3) is 3.26. The van der Waals surface area contributed by atoms with Gasteiger partial charge in [-0.3, -0.25) is 0 Å².